The van der Waals surface area contributed by atoms with E-state index >= 15 is 0 Å². The first-order valence-electron chi connectivity index (χ1n) is 9.33. The molecule has 0 aliphatic heterocycles. The van der Waals surface area contributed by atoms with Gasteiger partial charge in [0.05, 0.1) is 17.6 Å². The molecule has 2 aromatic rings. The van der Waals surface area contributed by atoms with Crippen LogP contribution >= 0.6 is 0 Å². The fourth-order valence-corrected chi connectivity index (χ4v) is 2.38. The Morgan fingerprint density at radius 3 is 2.64 bits per heavy atom. The van der Waals surface area contributed by atoms with E-state index in [2.05, 4.69) is 20.6 Å². The van der Waals surface area contributed by atoms with Crippen molar-refractivity contribution in [2.24, 2.45) is 0 Å². The first-order valence-corrected chi connectivity index (χ1v) is 9.33. The largest absolute Gasteiger partial charge is 0.462 e. The van der Waals surface area contributed by atoms with E-state index in [0.717, 1.165) is 11.0 Å². The zero-order valence-electron chi connectivity index (χ0n) is 16.8. The van der Waals surface area contributed by atoms with E-state index in [1.54, 1.807) is 13.1 Å². The molecule has 0 aliphatic rings. The molecule has 8 heteroatoms. The van der Waals surface area contributed by atoms with Crippen LogP contribution in [0.5, 0.6) is 0 Å². The van der Waals surface area contributed by atoms with E-state index in [0.29, 0.717) is 30.9 Å². The number of nitrogens with one attached hydrogen (secondary N) is 3. The minimum Gasteiger partial charge on any atom is -0.462 e. The summed E-state index contributed by atoms with van der Waals surface area (Å²) in [5, 5.41) is 5.76. The highest BCUT2D eigenvalue weighted by Gasteiger charge is 2.17. The Labute approximate surface area is 164 Å². The number of rotatable bonds is 8. The minimum atomic E-state index is -0.522. The number of alkyl carbamates (subject to hydrolysis) is 1. The van der Waals surface area contributed by atoms with Gasteiger partial charge in [0, 0.05) is 19.3 Å². The van der Waals surface area contributed by atoms with Crippen LogP contribution in [-0.4, -0.2) is 47.3 Å². The Balaban J connectivity index is 1.92. The Kier molecular flexibility index (Phi) is 7.43. The summed E-state index contributed by atoms with van der Waals surface area (Å²) in [6, 6.07) is 7.54. The lowest BCUT2D eigenvalue weighted by Crippen LogP contribution is -2.33. The second-order valence-electron chi connectivity index (χ2n) is 7.12. The lowest BCUT2D eigenvalue weighted by molar-refractivity contribution is -0.136. The highest BCUT2D eigenvalue weighted by molar-refractivity contribution is 6.15. The summed E-state index contributed by atoms with van der Waals surface area (Å²) in [5.41, 5.74) is 1.41. The van der Waals surface area contributed by atoms with Gasteiger partial charge in [-0.1, -0.05) is 12.1 Å². The Bertz CT molecular complexity index is 803. The molecule has 0 unspecified atom stereocenters. The molecule has 0 radical (unpaired) electrons. The number of H-pyrrole nitrogens is 1. The minimum absolute atomic E-state index is 0.274. The Hall–Kier alpha value is -3.03. The van der Waals surface area contributed by atoms with Crippen molar-refractivity contribution >= 4 is 28.7 Å². The number of aromatic amines is 1. The van der Waals surface area contributed by atoms with E-state index in [1.165, 1.54) is 0 Å². The lowest BCUT2D eigenvalue weighted by atomic mass is 10.2. The van der Waals surface area contributed by atoms with Crippen LogP contribution in [0.2, 0.25) is 0 Å². The smallest absolute Gasteiger partial charge is 0.407 e. The maximum Gasteiger partial charge on any atom is 0.407 e. The number of amides is 1. The van der Waals surface area contributed by atoms with Crippen molar-refractivity contribution in [3.8, 4) is 0 Å². The van der Waals surface area contributed by atoms with Crippen molar-refractivity contribution in [3.05, 3.63) is 36.3 Å². The first-order chi connectivity index (χ1) is 13.3. The highest BCUT2D eigenvalue weighted by atomic mass is 16.6. The molecule has 1 heterocycles. The molecule has 3 N–H and O–H groups in total. The molecule has 0 fully saturated rings. The number of carbonyl (C=O) groups excluding carboxylic acids is 2. The van der Waals surface area contributed by atoms with Gasteiger partial charge in [0.25, 0.3) is 0 Å². The van der Waals surface area contributed by atoms with Crippen LogP contribution in [0.3, 0.4) is 0 Å². The summed E-state index contributed by atoms with van der Waals surface area (Å²) in [4.78, 5) is 31.5. The van der Waals surface area contributed by atoms with E-state index in [1.807, 2.05) is 45.0 Å². The highest BCUT2D eigenvalue weighted by Crippen LogP contribution is 2.17. The van der Waals surface area contributed by atoms with Gasteiger partial charge in [-0.3, -0.25) is 0 Å². The third-order valence-corrected chi connectivity index (χ3v) is 3.55. The van der Waals surface area contributed by atoms with Gasteiger partial charge in [0.1, 0.15) is 17.0 Å². The van der Waals surface area contributed by atoms with Gasteiger partial charge in [-0.2, -0.15) is 0 Å². The molecule has 0 spiro atoms. The Morgan fingerprint density at radius 1 is 1.21 bits per heavy atom. The summed E-state index contributed by atoms with van der Waals surface area (Å²) in [6.07, 6.45) is 1.80. The number of nitrogens with zero attached hydrogens (tertiary/aromatic N) is 1. The van der Waals surface area contributed by atoms with Gasteiger partial charge >= 0.3 is 12.1 Å². The van der Waals surface area contributed by atoms with Gasteiger partial charge in [-0.05, 0) is 46.2 Å². The molecule has 2 rings (SSSR count). The van der Waals surface area contributed by atoms with Gasteiger partial charge in [0.15, 0.2) is 0 Å². The number of aromatic nitrogens is 2. The van der Waals surface area contributed by atoms with Crippen molar-refractivity contribution in [3.63, 3.8) is 0 Å². The van der Waals surface area contributed by atoms with Gasteiger partial charge in [-0.25, -0.2) is 14.6 Å². The molecule has 1 amide bonds. The number of hydrogen-bond donors (Lipinski definition) is 3. The number of fused-ring (bicyclic) bond motifs is 1. The molecule has 8 nitrogen and oxygen atoms in total. The van der Waals surface area contributed by atoms with Gasteiger partial charge in [0.2, 0.25) is 0 Å². The van der Waals surface area contributed by atoms with Crippen molar-refractivity contribution < 1.29 is 19.1 Å². The maximum absolute atomic E-state index is 12.3. The molecule has 1 aromatic heterocycles. The summed E-state index contributed by atoms with van der Waals surface area (Å²) in [6.45, 7) is 8.48. The quantitative estimate of drug-likeness (QED) is 0.365. The molecule has 0 saturated heterocycles. The van der Waals surface area contributed by atoms with Crippen molar-refractivity contribution in [2.45, 2.75) is 39.7 Å². The molecule has 0 bridgehead atoms. The molecular weight excluding hydrogens is 360 g/mol. The molecule has 28 heavy (non-hydrogen) atoms. The zero-order valence-corrected chi connectivity index (χ0v) is 16.8. The zero-order chi connectivity index (χ0) is 20.6. The standard InChI is InChI=1S/C20H28N4O4/c1-5-27-18(25)14(17-23-15-9-6-7-10-16(15)24-17)13-21-11-8-12-22-19(26)28-20(2,3)4/h6-7,9-10,13,21H,5,8,11-12H2,1-4H3,(H,22,26)(H,23,24). The number of hydrogen-bond acceptors (Lipinski definition) is 6. The fourth-order valence-electron chi connectivity index (χ4n) is 2.38. The average Bonchev–Trinajstić information content (AvgIpc) is 3.03. The summed E-state index contributed by atoms with van der Waals surface area (Å²) >= 11 is 0. The third kappa shape index (κ3) is 6.61. The number of carbonyl (C=O) groups is 2. The third-order valence-electron chi connectivity index (χ3n) is 3.55. The van der Waals surface area contributed by atoms with Crippen LogP contribution in [0, 0.1) is 0 Å². The van der Waals surface area contributed by atoms with Crippen LogP contribution in [0.15, 0.2) is 30.5 Å². The number of imidazole rings is 1. The molecule has 152 valence electrons. The Morgan fingerprint density at radius 2 is 1.96 bits per heavy atom. The van der Waals surface area contributed by atoms with Crippen LogP contribution in [0.1, 0.15) is 39.9 Å². The van der Waals surface area contributed by atoms with Crippen molar-refractivity contribution in [1.29, 1.82) is 0 Å². The molecule has 1 aromatic carbocycles. The van der Waals surface area contributed by atoms with E-state index in [4.69, 9.17) is 9.47 Å². The number of para-hydroxylation sites is 2. The second-order valence-corrected chi connectivity index (χ2v) is 7.12. The number of benzene rings is 1. The first kappa shape index (κ1) is 21.3. The second kappa shape index (κ2) is 9.77. The van der Waals surface area contributed by atoms with Crippen LogP contribution in [0.25, 0.3) is 16.6 Å². The number of esters is 1. The van der Waals surface area contributed by atoms with Gasteiger partial charge < -0.3 is 25.1 Å². The monoisotopic (exact) mass is 388 g/mol. The van der Waals surface area contributed by atoms with Crippen LogP contribution in [0.4, 0.5) is 4.79 Å². The predicted molar refractivity (Wildman–Crippen MR) is 108 cm³/mol. The van der Waals surface area contributed by atoms with E-state index in [-0.39, 0.29) is 6.61 Å². The molecule has 0 saturated carbocycles. The predicted octanol–water partition coefficient (Wildman–Crippen LogP) is 2.97. The van der Waals surface area contributed by atoms with Crippen molar-refractivity contribution in [2.75, 3.05) is 19.7 Å². The van der Waals surface area contributed by atoms with Crippen LogP contribution < -0.4 is 10.6 Å². The molecular formula is C20H28N4O4. The normalized spacial score (nSPS) is 11.9. The lowest BCUT2D eigenvalue weighted by Gasteiger charge is -2.19. The number of ether oxygens (including phenoxy) is 2. The topological polar surface area (TPSA) is 105 Å². The summed E-state index contributed by atoms with van der Waals surface area (Å²) in [5.74, 6) is -0.0139. The fraction of sp³-hybridized carbons (Fsp3) is 0.450. The van der Waals surface area contributed by atoms with E-state index in [9.17, 15) is 9.59 Å². The summed E-state index contributed by atoms with van der Waals surface area (Å²) in [7, 11) is 0. The molecule has 0 atom stereocenters. The summed E-state index contributed by atoms with van der Waals surface area (Å²) < 4.78 is 10.3. The maximum atomic E-state index is 12.3. The molecule has 0 aliphatic carbocycles. The van der Waals surface area contributed by atoms with Crippen LogP contribution in [-0.2, 0) is 14.3 Å². The van der Waals surface area contributed by atoms with Gasteiger partial charge in [-0.15, -0.1) is 0 Å². The van der Waals surface area contributed by atoms with Crippen molar-refractivity contribution in [1.82, 2.24) is 20.6 Å². The SMILES string of the molecule is CCOC(=O)C(=CNCCCNC(=O)OC(C)(C)C)c1nc2ccccc2[nH]1. The van der Waals surface area contributed by atoms with E-state index < -0.39 is 17.7 Å². The average molecular weight is 388 g/mol.